The van der Waals surface area contributed by atoms with Crippen LogP contribution in [-0.2, 0) is 9.84 Å². The van der Waals surface area contributed by atoms with Gasteiger partial charge in [0.05, 0.1) is 15.5 Å². The summed E-state index contributed by atoms with van der Waals surface area (Å²) < 4.78 is 23.2. The molecule has 1 aromatic carbocycles. The number of rotatable bonds is 1. The first-order chi connectivity index (χ1) is 7.40. The third kappa shape index (κ3) is 1.98. The first-order valence-electron chi connectivity index (χ1n) is 4.26. The predicted octanol–water partition coefficient (Wildman–Crippen LogP) is 2.37. The molecule has 0 aliphatic carbocycles. The van der Waals surface area contributed by atoms with Gasteiger partial charge in [-0.2, -0.15) is 0 Å². The quantitative estimate of drug-likeness (QED) is 0.828. The molecule has 2 N–H and O–H groups in total. The third-order valence-corrected chi connectivity index (χ3v) is 4.47. The Morgan fingerprint density at radius 3 is 2.44 bits per heavy atom. The fraction of sp³-hybridized carbons (Fsp3) is 0.111. The van der Waals surface area contributed by atoms with Crippen molar-refractivity contribution in [1.82, 2.24) is 5.32 Å². The SMILES string of the molecule is O=S1(=O)C=C(O)NC1c1ccc(Cl)c(Cl)c1. The molecular weight excluding hydrogens is 273 g/mol. The third-order valence-electron chi connectivity index (χ3n) is 2.13. The molecule has 2 rings (SSSR count). The summed E-state index contributed by atoms with van der Waals surface area (Å²) >= 11 is 11.5. The Hall–Kier alpha value is -0.910. The molecule has 7 heteroatoms. The predicted molar refractivity (Wildman–Crippen MR) is 62.0 cm³/mol. The topological polar surface area (TPSA) is 66.4 Å². The van der Waals surface area contributed by atoms with E-state index in [1.807, 2.05) is 0 Å². The average molecular weight is 280 g/mol. The highest BCUT2D eigenvalue weighted by Crippen LogP contribution is 2.31. The second-order valence-corrected chi connectivity index (χ2v) is 5.99. The van der Waals surface area contributed by atoms with Crippen LogP contribution < -0.4 is 5.32 Å². The molecule has 1 heterocycles. The van der Waals surface area contributed by atoms with E-state index in [2.05, 4.69) is 5.32 Å². The summed E-state index contributed by atoms with van der Waals surface area (Å²) in [5.74, 6) is -0.379. The molecule has 1 atom stereocenters. The Morgan fingerprint density at radius 1 is 1.25 bits per heavy atom. The smallest absolute Gasteiger partial charge is 0.202 e. The van der Waals surface area contributed by atoms with Crippen LogP contribution in [0.4, 0.5) is 0 Å². The number of hydrogen-bond donors (Lipinski definition) is 2. The van der Waals surface area contributed by atoms with E-state index in [1.54, 1.807) is 0 Å². The van der Waals surface area contributed by atoms with Gasteiger partial charge in [-0.3, -0.25) is 0 Å². The Bertz CT molecular complexity index is 568. The largest absolute Gasteiger partial charge is 0.494 e. The highest BCUT2D eigenvalue weighted by atomic mass is 35.5. The Balaban J connectivity index is 2.44. The van der Waals surface area contributed by atoms with Gasteiger partial charge in [0, 0.05) is 0 Å². The number of aliphatic hydroxyl groups is 1. The van der Waals surface area contributed by atoms with Crippen LogP contribution in [0.15, 0.2) is 29.5 Å². The summed E-state index contributed by atoms with van der Waals surface area (Å²) in [5.41, 5.74) is 0.426. The molecule has 1 aromatic rings. The lowest BCUT2D eigenvalue weighted by molar-refractivity contribution is 0.367. The molecule has 1 aliphatic rings. The van der Waals surface area contributed by atoms with Crippen molar-refractivity contribution in [3.8, 4) is 0 Å². The van der Waals surface area contributed by atoms with E-state index in [1.165, 1.54) is 18.2 Å². The number of benzene rings is 1. The summed E-state index contributed by atoms with van der Waals surface area (Å²) in [5, 5.41) is 11.9. The molecule has 16 heavy (non-hydrogen) atoms. The first-order valence-corrected chi connectivity index (χ1v) is 6.63. The normalized spacial score (nSPS) is 22.6. The maximum absolute atomic E-state index is 11.6. The molecule has 0 spiro atoms. The Labute approximate surface area is 102 Å². The van der Waals surface area contributed by atoms with Gasteiger partial charge in [0.1, 0.15) is 0 Å². The second kappa shape index (κ2) is 3.84. The lowest BCUT2D eigenvalue weighted by Gasteiger charge is -2.12. The molecule has 0 amide bonds. The highest BCUT2D eigenvalue weighted by Gasteiger charge is 2.32. The molecule has 0 saturated carbocycles. The van der Waals surface area contributed by atoms with E-state index >= 15 is 0 Å². The molecule has 0 fully saturated rings. The van der Waals surface area contributed by atoms with Gasteiger partial charge in [0.15, 0.2) is 11.3 Å². The summed E-state index contributed by atoms with van der Waals surface area (Å²) in [4.78, 5) is 0. The molecule has 1 aliphatic heterocycles. The van der Waals surface area contributed by atoms with Gasteiger partial charge in [-0.25, -0.2) is 8.42 Å². The van der Waals surface area contributed by atoms with Gasteiger partial charge in [0.25, 0.3) is 0 Å². The number of hydrogen-bond acceptors (Lipinski definition) is 4. The standard InChI is InChI=1S/C9H7Cl2NO3S/c10-6-2-1-5(3-7(6)11)9-12-8(13)4-16(9,14)15/h1-4,9,12-13H. The van der Waals surface area contributed by atoms with Gasteiger partial charge in [-0.05, 0) is 17.7 Å². The van der Waals surface area contributed by atoms with Crippen molar-refractivity contribution in [1.29, 1.82) is 0 Å². The number of nitrogens with one attached hydrogen (secondary N) is 1. The van der Waals surface area contributed by atoms with Crippen LogP contribution in [0.1, 0.15) is 10.9 Å². The van der Waals surface area contributed by atoms with E-state index in [9.17, 15) is 8.42 Å². The monoisotopic (exact) mass is 279 g/mol. The number of aliphatic hydroxyl groups excluding tert-OH is 1. The van der Waals surface area contributed by atoms with Gasteiger partial charge < -0.3 is 10.4 Å². The number of halogens is 2. The van der Waals surface area contributed by atoms with Crippen LogP contribution in [0.25, 0.3) is 0 Å². The fourth-order valence-electron chi connectivity index (χ4n) is 1.42. The fourth-order valence-corrected chi connectivity index (χ4v) is 3.06. The van der Waals surface area contributed by atoms with E-state index in [4.69, 9.17) is 28.3 Å². The van der Waals surface area contributed by atoms with Crippen LogP contribution in [0.5, 0.6) is 0 Å². The summed E-state index contributed by atoms with van der Waals surface area (Å²) in [6.45, 7) is 0. The van der Waals surface area contributed by atoms with E-state index in [0.29, 0.717) is 10.6 Å². The van der Waals surface area contributed by atoms with Crippen molar-refractivity contribution < 1.29 is 13.5 Å². The molecule has 86 valence electrons. The lowest BCUT2D eigenvalue weighted by Crippen LogP contribution is -2.19. The number of sulfone groups is 1. The van der Waals surface area contributed by atoms with Crippen LogP contribution in [0, 0.1) is 0 Å². The van der Waals surface area contributed by atoms with Gasteiger partial charge in [-0.15, -0.1) is 0 Å². The molecule has 0 aromatic heterocycles. The first kappa shape index (κ1) is 11.6. The molecule has 4 nitrogen and oxygen atoms in total. The van der Waals surface area contributed by atoms with Gasteiger partial charge in [0.2, 0.25) is 9.84 Å². The van der Waals surface area contributed by atoms with Crippen molar-refractivity contribution in [2.24, 2.45) is 0 Å². The highest BCUT2D eigenvalue weighted by molar-refractivity contribution is 7.94. The zero-order valence-corrected chi connectivity index (χ0v) is 10.1. The van der Waals surface area contributed by atoms with E-state index in [-0.39, 0.29) is 10.9 Å². The van der Waals surface area contributed by atoms with Crippen LogP contribution in [-0.4, -0.2) is 13.5 Å². The molecule has 0 radical (unpaired) electrons. The van der Waals surface area contributed by atoms with Crippen LogP contribution in [0.2, 0.25) is 10.0 Å². The van der Waals surface area contributed by atoms with Crippen molar-refractivity contribution >= 4 is 33.0 Å². The second-order valence-electron chi connectivity index (χ2n) is 3.29. The average Bonchev–Trinajstić information content (AvgIpc) is 2.44. The zero-order chi connectivity index (χ0) is 11.9. The van der Waals surface area contributed by atoms with E-state index in [0.717, 1.165) is 5.41 Å². The Kier molecular flexibility index (Phi) is 2.77. The van der Waals surface area contributed by atoms with Crippen molar-refractivity contribution in [3.63, 3.8) is 0 Å². The Morgan fingerprint density at radius 2 is 1.94 bits per heavy atom. The van der Waals surface area contributed by atoms with Gasteiger partial charge >= 0.3 is 0 Å². The maximum Gasteiger partial charge on any atom is 0.202 e. The van der Waals surface area contributed by atoms with Crippen molar-refractivity contribution in [2.45, 2.75) is 5.37 Å². The summed E-state index contributed by atoms with van der Waals surface area (Å²) in [6, 6.07) is 4.49. The summed E-state index contributed by atoms with van der Waals surface area (Å²) in [7, 11) is -3.54. The van der Waals surface area contributed by atoms with Crippen molar-refractivity contribution in [3.05, 3.63) is 45.1 Å². The molecule has 0 bridgehead atoms. The van der Waals surface area contributed by atoms with E-state index < -0.39 is 15.2 Å². The minimum atomic E-state index is -3.54. The van der Waals surface area contributed by atoms with Crippen LogP contribution >= 0.6 is 23.2 Å². The minimum Gasteiger partial charge on any atom is -0.494 e. The molecule has 0 saturated heterocycles. The summed E-state index contributed by atoms with van der Waals surface area (Å²) in [6.07, 6.45) is 0. The van der Waals surface area contributed by atoms with Crippen LogP contribution in [0.3, 0.4) is 0 Å². The molecular formula is C9H7Cl2NO3S. The van der Waals surface area contributed by atoms with Crippen molar-refractivity contribution in [2.75, 3.05) is 0 Å². The minimum absolute atomic E-state index is 0.266. The zero-order valence-electron chi connectivity index (χ0n) is 7.81. The lowest BCUT2D eigenvalue weighted by atomic mass is 10.2. The molecule has 1 unspecified atom stereocenters. The maximum atomic E-state index is 11.6. The van der Waals surface area contributed by atoms with Gasteiger partial charge in [-0.1, -0.05) is 29.3 Å².